The first-order chi connectivity index (χ1) is 16.5. The van der Waals surface area contributed by atoms with Crippen LogP contribution in [-0.2, 0) is 23.2 Å². The van der Waals surface area contributed by atoms with Crippen LogP contribution in [0.2, 0.25) is 0 Å². The molecule has 0 fully saturated rings. The number of aromatic nitrogens is 3. The molecule has 5 rings (SSSR count). The van der Waals surface area contributed by atoms with Crippen molar-refractivity contribution in [3.63, 3.8) is 0 Å². The fraction of sp³-hybridized carbons (Fsp3) is 0.296. The van der Waals surface area contributed by atoms with Crippen molar-refractivity contribution in [2.24, 2.45) is 7.05 Å². The third-order valence-electron chi connectivity index (χ3n) is 6.51. The first kappa shape index (κ1) is 21.9. The lowest BCUT2D eigenvalue weighted by Crippen LogP contribution is -2.38. The minimum Gasteiger partial charge on any atom is -0.350 e. The van der Waals surface area contributed by atoms with Crippen LogP contribution >= 0.6 is 0 Å². The molecule has 1 N–H and O–H groups in total. The Kier molecular flexibility index (Phi) is 5.92. The molecule has 0 saturated heterocycles. The van der Waals surface area contributed by atoms with Gasteiger partial charge in [-0.3, -0.25) is 14.5 Å². The van der Waals surface area contributed by atoms with Crippen molar-refractivity contribution in [2.75, 3.05) is 11.4 Å². The fourth-order valence-electron chi connectivity index (χ4n) is 4.71. The van der Waals surface area contributed by atoms with E-state index in [-0.39, 0.29) is 17.9 Å². The third-order valence-corrected chi connectivity index (χ3v) is 6.51. The van der Waals surface area contributed by atoms with Crippen LogP contribution in [0, 0.1) is 0 Å². The Morgan fingerprint density at radius 3 is 2.71 bits per heavy atom. The molecule has 1 atom stereocenters. The van der Waals surface area contributed by atoms with Crippen LogP contribution in [0.1, 0.15) is 37.8 Å². The van der Waals surface area contributed by atoms with E-state index < -0.39 is 0 Å². The number of benzene rings is 2. The van der Waals surface area contributed by atoms with Crippen molar-refractivity contribution in [1.29, 1.82) is 0 Å². The molecule has 4 aromatic rings. The molecule has 0 aliphatic carbocycles. The third kappa shape index (κ3) is 4.21. The van der Waals surface area contributed by atoms with Gasteiger partial charge in [0.25, 0.3) is 0 Å². The van der Waals surface area contributed by atoms with Crippen molar-refractivity contribution in [3.8, 4) is 11.3 Å². The topological polar surface area (TPSA) is 72.2 Å². The van der Waals surface area contributed by atoms with Crippen molar-refractivity contribution in [2.45, 2.75) is 38.8 Å². The lowest BCUT2D eigenvalue weighted by molar-refractivity contribution is -0.122. The molecule has 1 aliphatic rings. The van der Waals surface area contributed by atoms with Gasteiger partial charge in [0.2, 0.25) is 11.8 Å². The lowest BCUT2D eigenvalue weighted by Gasteiger charge is -2.27. The largest absolute Gasteiger partial charge is 0.350 e. The molecule has 0 saturated carbocycles. The standard InChI is InChI=1S/C27H29N5O2/c1-19(20-9-4-3-5-10-20)28-25(33)13-8-15-31-26-17-23(29-32(26)16-14-27(31)34)22-18-30(2)24-12-7-6-11-21(22)24/h3-7,9-12,17-19H,8,13-16H2,1-2H3,(H,28,33)/t19-/m0/s1. The van der Waals surface area contributed by atoms with Gasteiger partial charge in [-0.15, -0.1) is 0 Å². The van der Waals surface area contributed by atoms with Crippen LogP contribution in [-0.4, -0.2) is 32.7 Å². The number of fused-ring (bicyclic) bond motifs is 2. The highest BCUT2D eigenvalue weighted by Crippen LogP contribution is 2.33. The van der Waals surface area contributed by atoms with E-state index in [4.69, 9.17) is 5.10 Å². The molecular formula is C27H29N5O2. The lowest BCUT2D eigenvalue weighted by atomic mass is 10.1. The van der Waals surface area contributed by atoms with Gasteiger partial charge in [-0.05, 0) is 25.0 Å². The second-order valence-electron chi connectivity index (χ2n) is 8.88. The SMILES string of the molecule is C[C@H](NC(=O)CCCN1C(=O)CCn2nc(-c3cn(C)c4ccccc34)cc21)c1ccccc1. The summed E-state index contributed by atoms with van der Waals surface area (Å²) in [7, 11) is 2.03. The summed E-state index contributed by atoms with van der Waals surface area (Å²) in [5, 5.41) is 9.00. The number of hydrogen-bond donors (Lipinski definition) is 1. The maximum atomic E-state index is 12.7. The summed E-state index contributed by atoms with van der Waals surface area (Å²) in [6, 6.07) is 20.1. The highest BCUT2D eigenvalue weighted by Gasteiger charge is 2.27. The van der Waals surface area contributed by atoms with Crippen LogP contribution in [0.4, 0.5) is 5.82 Å². The number of carbonyl (C=O) groups is 2. The number of amides is 2. The molecule has 174 valence electrons. The van der Waals surface area contributed by atoms with E-state index in [0.717, 1.165) is 33.5 Å². The minimum atomic E-state index is -0.0463. The van der Waals surface area contributed by atoms with E-state index in [1.807, 2.05) is 67.2 Å². The highest BCUT2D eigenvalue weighted by molar-refractivity contribution is 5.98. The number of carbonyl (C=O) groups excluding carboxylic acids is 2. The van der Waals surface area contributed by atoms with E-state index in [2.05, 4.69) is 28.2 Å². The Hall–Kier alpha value is -3.87. The van der Waals surface area contributed by atoms with E-state index in [1.54, 1.807) is 4.90 Å². The molecule has 2 aromatic carbocycles. The summed E-state index contributed by atoms with van der Waals surface area (Å²) in [4.78, 5) is 27.0. The number of nitrogens with zero attached hydrogens (tertiary/aromatic N) is 4. The summed E-state index contributed by atoms with van der Waals surface area (Å²) in [6.45, 7) is 3.05. The van der Waals surface area contributed by atoms with Crippen LogP contribution in [0.5, 0.6) is 0 Å². The van der Waals surface area contributed by atoms with Gasteiger partial charge in [0, 0.05) is 55.2 Å². The normalized spacial score (nSPS) is 14.3. The molecule has 7 nitrogen and oxygen atoms in total. The summed E-state index contributed by atoms with van der Waals surface area (Å²) < 4.78 is 4.01. The number of anilines is 1. The Morgan fingerprint density at radius 1 is 1.12 bits per heavy atom. The number of para-hydroxylation sites is 1. The first-order valence-electron chi connectivity index (χ1n) is 11.8. The molecule has 34 heavy (non-hydrogen) atoms. The molecule has 1 aliphatic heterocycles. The number of aryl methyl sites for hydroxylation is 2. The van der Waals surface area contributed by atoms with E-state index in [0.29, 0.717) is 32.4 Å². The van der Waals surface area contributed by atoms with Gasteiger partial charge in [-0.1, -0.05) is 48.5 Å². The number of nitrogens with one attached hydrogen (secondary N) is 1. The molecule has 0 bridgehead atoms. The predicted octanol–water partition coefficient (Wildman–Crippen LogP) is 4.44. The maximum absolute atomic E-state index is 12.7. The van der Waals surface area contributed by atoms with Crippen molar-refractivity contribution in [1.82, 2.24) is 19.7 Å². The van der Waals surface area contributed by atoms with Gasteiger partial charge in [0.1, 0.15) is 5.82 Å². The maximum Gasteiger partial charge on any atom is 0.229 e. The summed E-state index contributed by atoms with van der Waals surface area (Å²) in [5.41, 5.74) is 4.14. The number of rotatable bonds is 7. The Bertz CT molecular complexity index is 1340. The van der Waals surface area contributed by atoms with Gasteiger partial charge in [0.05, 0.1) is 18.3 Å². The molecule has 0 radical (unpaired) electrons. The van der Waals surface area contributed by atoms with Crippen molar-refractivity contribution in [3.05, 3.63) is 72.4 Å². The Labute approximate surface area is 199 Å². The van der Waals surface area contributed by atoms with E-state index in [1.165, 1.54) is 0 Å². The molecule has 0 unspecified atom stereocenters. The van der Waals surface area contributed by atoms with Gasteiger partial charge in [-0.25, -0.2) is 4.68 Å². The Balaban J connectivity index is 1.27. The van der Waals surface area contributed by atoms with Crippen molar-refractivity contribution < 1.29 is 9.59 Å². The minimum absolute atomic E-state index is 0.00855. The summed E-state index contributed by atoms with van der Waals surface area (Å²) in [6.07, 6.45) is 3.46. The smallest absolute Gasteiger partial charge is 0.229 e. The zero-order chi connectivity index (χ0) is 23.7. The quantitative estimate of drug-likeness (QED) is 0.448. The Morgan fingerprint density at radius 2 is 1.88 bits per heavy atom. The van der Waals surface area contributed by atoms with Gasteiger partial charge < -0.3 is 9.88 Å². The second kappa shape index (κ2) is 9.17. The fourth-order valence-corrected chi connectivity index (χ4v) is 4.71. The molecule has 3 heterocycles. The highest BCUT2D eigenvalue weighted by atomic mass is 16.2. The summed E-state index contributed by atoms with van der Waals surface area (Å²) >= 11 is 0. The average Bonchev–Trinajstić information content (AvgIpc) is 3.42. The van der Waals surface area contributed by atoms with Crippen LogP contribution in [0.15, 0.2) is 66.9 Å². The van der Waals surface area contributed by atoms with E-state index in [9.17, 15) is 9.59 Å². The van der Waals surface area contributed by atoms with Crippen molar-refractivity contribution >= 4 is 28.5 Å². The molecule has 2 aromatic heterocycles. The van der Waals surface area contributed by atoms with Gasteiger partial charge >= 0.3 is 0 Å². The molecule has 2 amide bonds. The predicted molar refractivity (Wildman–Crippen MR) is 133 cm³/mol. The van der Waals surface area contributed by atoms with Gasteiger partial charge in [0.15, 0.2) is 0 Å². The van der Waals surface area contributed by atoms with Crippen LogP contribution in [0.25, 0.3) is 22.2 Å². The number of hydrogen-bond acceptors (Lipinski definition) is 3. The monoisotopic (exact) mass is 455 g/mol. The van der Waals surface area contributed by atoms with Crippen LogP contribution in [0.3, 0.4) is 0 Å². The zero-order valence-corrected chi connectivity index (χ0v) is 19.6. The molecular weight excluding hydrogens is 426 g/mol. The first-order valence-corrected chi connectivity index (χ1v) is 11.8. The molecule has 0 spiro atoms. The second-order valence-corrected chi connectivity index (χ2v) is 8.88. The van der Waals surface area contributed by atoms with Gasteiger partial charge in [-0.2, -0.15) is 5.10 Å². The van der Waals surface area contributed by atoms with E-state index >= 15 is 0 Å². The summed E-state index contributed by atoms with van der Waals surface area (Å²) in [5.74, 6) is 0.873. The average molecular weight is 456 g/mol. The van der Waals surface area contributed by atoms with Crippen LogP contribution < -0.4 is 10.2 Å². The molecule has 7 heteroatoms. The zero-order valence-electron chi connectivity index (χ0n) is 19.6.